The second-order valence-corrected chi connectivity index (χ2v) is 5.67. The molecule has 4 nitrogen and oxygen atoms in total. The van der Waals surface area contributed by atoms with Crippen LogP contribution in [0, 0.1) is 0 Å². The number of anilines is 1. The van der Waals surface area contributed by atoms with E-state index < -0.39 is 0 Å². The highest BCUT2D eigenvalue weighted by Gasteiger charge is 2.17. The molecule has 0 spiro atoms. The average Bonchev–Trinajstić information content (AvgIpc) is 2.56. The summed E-state index contributed by atoms with van der Waals surface area (Å²) in [4.78, 5) is 16.5. The summed E-state index contributed by atoms with van der Waals surface area (Å²) in [6.07, 6.45) is 2.18. The maximum absolute atomic E-state index is 11.7. The van der Waals surface area contributed by atoms with Crippen molar-refractivity contribution in [1.29, 1.82) is 0 Å². The number of esters is 1. The first-order valence-electron chi connectivity index (χ1n) is 8.00. The Bertz CT molecular complexity index is 514. The highest BCUT2D eigenvalue weighted by Crippen LogP contribution is 2.18. The lowest BCUT2D eigenvalue weighted by molar-refractivity contribution is 0.0526. The summed E-state index contributed by atoms with van der Waals surface area (Å²) in [6.45, 7) is 11.8. The predicted octanol–water partition coefficient (Wildman–Crippen LogP) is 2.95. The average molecular weight is 302 g/mol. The van der Waals surface area contributed by atoms with Crippen LogP contribution in [-0.2, 0) is 4.74 Å². The van der Waals surface area contributed by atoms with Crippen LogP contribution in [-0.4, -0.2) is 50.2 Å². The molecule has 1 aromatic carbocycles. The zero-order valence-electron chi connectivity index (χ0n) is 13.8. The van der Waals surface area contributed by atoms with Crippen LogP contribution in [0.2, 0.25) is 0 Å². The molecule has 120 valence electrons. The number of hydrogen-bond acceptors (Lipinski definition) is 4. The SMILES string of the molecule is C/C=C(\C)CN1CCN(c2ccc(C(=O)OCC)cc2)CC1. The van der Waals surface area contributed by atoms with Gasteiger partial charge in [0.25, 0.3) is 0 Å². The topological polar surface area (TPSA) is 32.8 Å². The van der Waals surface area contributed by atoms with Gasteiger partial charge < -0.3 is 9.64 Å². The number of rotatable bonds is 5. The van der Waals surface area contributed by atoms with E-state index in [2.05, 4.69) is 29.7 Å². The van der Waals surface area contributed by atoms with Crippen molar-refractivity contribution >= 4 is 11.7 Å². The molecular weight excluding hydrogens is 276 g/mol. The minimum absolute atomic E-state index is 0.249. The van der Waals surface area contributed by atoms with Gasteiger partial charge in [0.1, 0.15) is 0 Å². The Kier molecular flexibility index (Phi) is 6.01. The summed E-state index contributed by atoms with van der Waals surface area (Å²) in [5, 5.41) is 0. The first-order valence-corrected chi connectivity index (χ1v) is 8.00. The molecule has 0 amide bonds. The molecule has 2 rings (SSSR count). The Morgan fingerprint density at radius 2 is 1.82 bits per heavy atom. The molecule has 0 aromatic heterocycles. The van der Waals surface area contributed by atoms with Gasteiger partial charge in [-0.1, -0.05) is 11.6 Å². The molecule has 0 N–H and O–H groups in total. The molecule has 0 saturated carbocycles. The van der Waals surface area contributed by atoms with Crippen LogP contribution in [0.25, 0.3) is 0 Å². The van der Waals surface area contributed by atoms with Crippen molar-refractivity contribution in [3.05, 3.63) is 41.5 Å². The van der Waals surface area contributed by atoms with E-state index in [1.54, 1.807) is 0 Å². The molecule has 0 unspecified atom stereocenters. The first kappa shape index (κ1) is 16.6. The van der Waals surface area contributed by atoms with Crippen molar-refractivity contribution < 1.29 is 9.53 Å². The quantitative estimate of drug-likeness (QED) is 0.618. The number of benzene rings is 1. The van der Waals surface area contributed by atoms with Crippen LogP contribution >= 0.6 is 0 Å². The minimum atomic E-state index is -0.249. The maximum Gasteiger partial charge on any atom is 0.338 e. The third-order valence-corrected chi connectivity index (χ3v) is 4.08. The number of carbonyl (C=O) groups is 1. The third kappa shape index (κ3) is 4.34. The molecule has 22 heavy (non-hydrogen) atoms. The van der Waals surface area contributed by atoms with Crippen LogP contribution in [0.15, 0.2) is 35.9 Å². The molecule has 0 bridgehead atoms. The van der Waals surface area contributed by atoms with Crippen molar-refractivity contribution in [2.45, 2.75) is 20.8 Å². The monoisotopic (exact) mass is 302 g/mol. The van der Waals surface area contributed by atoms with E-state index in [1.807, 2.05) is 31.2 Å². The van der Waals surface area contributed by atoms with E-state index in [0.717, 1.165) is 32.7 Å². The predicted molar refractivity (Wildman–Crippen MR) is 90.5 cm³/mol. The minimum Gasteiger partial charge on any atom is -0.462 e. The molecule has 0 atom stereocenters. The molecule has 1 fully saturated rings. The van der Waals surface area contributed by atoms with Crippen LogP contribution in [0.3, 0.4) is 0 Å². The molecule has 0 aliphatic carbocycles. The van der Waals surface area contributed by atoms with Gasteiger partial charge in [-0.05, 0) is 45.0 Å². The first-order chi connectivity index (χ1) is 10.6. The Morgan fingerprint density at radius 3 is 2.36 bits per heavy atom. The van der Waals surface area contributed by atoms with Gasteiger partial charge in [-0.15, -0.1) is 0 Å². The maximum atomic E-state index is 11.7. The summed E-state index contributed by atoms with van der Waals surface area (Å²) in [7, 11) is 0. The number of ether oxygens (including phenoxy) is 1. The lowest BCUT2D eigenvalue weighted by Crippen LogP contribution is -2.46. The van der Waals surface area contributed by atoms with Gasteiger partial charge in [0.2, 0.25) is 0 Å². The van der Waals surface area contributed by atoms with E-state index in [9.17, 15) is 4.79 Å². The zero-order valence-corrected chi connectivity index (χ0v) is 13.8. The van der Waals surface area contributed by atoms with Gasteiger partial charge in [0.15, 0.2) is 0 Å². The fourth-order valence-corrected chi connectivity index (χ4v) is 2.63. The molecular formula is C18H26N2O2. The molecule has 1 saturated heterocycles. The highest BCUT2D eigenvalue weighted by atomic mass is 16.5. The van der Waals surface area contributed by atoms with Gasteiger partial charge in [0.05, 0.1) is 12.2 Å². The van der Waals surface area contributed by atoms with Gasteiger partial charge >= 0.3 is 5.97 Å². The fraction of sp³-hybridized carbons (Fsp3) is 0.500. The molecule has 1 aliphatic heterocycles. The number of hydrogen-bond donors (Lipinski definition) is 0. The Morgan fingerprint density at radius 1 is 1.18 bits per heavy atom. The largest absolute Gasteiger partial charge is 0.462 e. The van der Waals surface area contributed by atoms with Crippen LogP contribution in [0.4, 0.5) is 5.69 Å². The summed E-state index contributed by atoms with van der Waals surface area (Å²) < 4.78 is 5.01. The van der Waals surface area contributed by atoms with Crippen LogP contribution in [0.1, 0.15) is 31.1 Å². The molecule has 4 heteroatoms. The standard InChI is InChI=1S/C18H26N2O2/c1-4-15(3)14-19-10-12-20(13-11-19)17-8-6-16(7-9-17)18(21)22-5-2/h4,6-9H,5,10-14H2,1-3H3/b15-4+. The van der Waals surface area contributed by atoms with E-state index in [1.165, 1.54) is 11.3 Å². The molecule has 0 radical (unpaired) electrons. The Hall–Kier alpha value is -1.81. The second-order valence-electron chi connectivity index (χ2n) is 5.67. The summed E-state index contributed by atoms with van der Waals surface area (Å²) in [6, 6.07) is 7.73. The fourth-order valence-electron chi connectivity index (χ4n) is 2.63. The summed E-state index contributed by atoms with van der Waals surface area (Å²) >= 11 is 0. The smallest absolute Gasteiger partial charge is 0.338 e. The summed E-state index contributed by atoms with van der Waals surface area (Å²) in [5.74, 6) is -0.249. The molecule has 1 heterocycles. The van der Waals surface area contributed by atoms with E-state index in [-0.39, 0.29) is 5.97 Å². The Balaban J connectivity index is 1.90. The van der Waals surface area contributed by atoms with E-state index in [4.69, 9.17) is 4.74 Å². The van der Waals surface area contributed by atoms with Gasteiger partial charge in [0, 0.05) is 38.4 Å². The third-order valence-electron chi connectivity index (χ3n) is 4.08. The lowest BCUT2D eigenvalue weighted by Gasteiger charge is -2.36. The highest BCUT2D eigenvalue weighted by molar-refractivity contribution is 5.89. The summed E-state index contributed by atoms with van der Waals surface area (Å²) in [5.41, 5.74) is 3.22. The number of piperazine rings is 1. The second kappa shape index (κ2) is 7.99. The number of carbonyl (C=O) groups excluding carboxylic acids is 1. The van der Waals surface area contributed by atoms with Crippen LogP contribution < -0.4 is 4.90 Å². The lowest BCUT2D eigenvalue weighted by atomic mass is 10.1. The number of allylic oxidation sites excluding steroid dienone is 1. The van der Waals surface area contributed by atoms with Crippen molar-refractivity contribution in [3.8, 4) is 0 Å². The van der Waals surface area contributed by atoms with Gasteiger partial charge in [-0.25, -0.2) is 4.79 Å². The molecule has 1 aliphatic rings. The zero-order chi connectivity index (χ0) is 15.9. The molecule has 1 aromatic rings. The van der Waals surface area contributed by atoms with Crippen molar-refractivity contribution in [3.63, 3.8) is 0 Å². The van der Waals surface area contributed by atoms with Crippen LogP contribution in [0.5, 0.6) is 0 Å². The Labute approximate surface area is 133 Å². The van der Waals surface area contributed by atoms with Gasteiger partial charge in [-0.3, -0.25) is 4.90 Å². The van der Waals surface area contributed by atoms with E-state index >= 15 is 0 Å². The van der Waals surface area contributed by atoms with Gasteiger partial charge in [-0.2, -0.15) is 0 Å². The van der Waals surface area contributed by atoms with Crippen molar-refractivity contribution in [2.75, 3.05) is 44.2 Å². The van der Waals surface area contributed by atoms with Crippen molar-refractivity contribution in [2.24, 2.45) is 0 Å². The number of nitrogens with zero attached hydrogens (tertiary/aromatic N) is 2. The normalized spacial score (nSPS) is 16.7. The van der Waals surface area contributed by atoms with E-state index in [0.29, 0.717) is 12.2 Å². The van der Waals surface area contributed by atoms with Crippen molar-refractivity contribution in [1.82, 2.24) is 4.90 Å².